The number of piperidine rings is 1. The van der Waals surface area contributed by atoms with Crippen molar-refractivity contribution in [1.29, 1.82) is 0 Å². The molecule has 0 saturated carbocycles. The van der Waals surface area contributed by atoms with Crippen LogP contribution in [-0.4, -0.2) is 18.8 Å². The zero-order valence-corrected chi connectivity index (χ0v) is 9.24. The van der Waals surface area contributed by atoms with Gasteiger partial charge in [0.2, 0.25) is 0 Å². The maximum absolute atomic E-state index is 12.5. The van der Waals surface area contributed by atoms with Gasteiger partial charge in [-0.2, -0.15) is 13.2 Å². The Labute approximate surface area is 89.4 Å². The molecule has 1 fully saturated rings. The maximum atomic E-state index is 12.5. The van der Waals surface area contributed by atoms with Crippen molar-refractivity contribution < 1.29 is 13.2 Å². The van der Waals surface area contributed by atoms with E-state index in [1.54, 1.807) is 0 Å². The van der Waals surface area contributed by atoms with E-state index in [1.807, 2.05) is 0 Å². The van der Waals surface area contributed by atoms with Crippen molar-refractivity contribution in [3.8, 4) is 0 Å². The van der Waals surface area contributed by atoms with Gasteiger partial charge in [0.05, 0.1) is 5.92 Å². The summed E-state index contributed by atoms with van der Waals surface area (Å²) in [6.45, 7) is 2.62. The highest BCUT2D eigenvalue weighted by Crippen LogP contribution is 2.34. The van der Waals surface area contributed by atoms with Gasteiger partial charge in [0, 0.05) is 6.04 Å². The normalized spacial score (nSPS) is 28.0. The predicted octanol–water partition coefficient (Wildman–Crippen LogP) is 3.50. The van der Waals surface area contributed by atoms with Gasteiger partial charge in [-0.1, -0.05) is 26.2 Å². The van der Waals surface area contributed by atoms with Crippen LogP contribution in [0.3, 0.4) is 0 Å². The minimum Gasteiger partial charge on any atom is -0.314 e. The third kappa shape index (κ3) is 4.41. The summed E-state index contributed by atoms with van der Waals surface area (Å²) in [5, 5.41) is 3.18. The molecule has 0 bridgehead atoms. The molecule has 0 radical (unpaired) electrons. The largest absolute Gasteiger partial charge is 0.391 e. The summed E-state index contributed by atoms with van der Waals surface area (Å²) in [6.07, 6.45) is 0.690. The number of unbranched alkanes of at least 4 members (excludes halogenated alkanes) is 2. The summed E-state index contributed by atoms with van der Waals surface area (Å²) >= 11 is 0. The second-order valence-electron chi connectivity index (χ2n) is 4.41. The van der Waals surface area contributed by atoms with Crippen LogP contribution in [0.4, 0.5) is 13.2 Å². The quantitative estimate of drug-likeness (QED) is 0.719. The molecule has 15 heavy (non-hydrogen) atoms. The predicted molar refractivity (Wildman–Crippen MR) is 54.7 cm³/mol. The molecule has 2 unspecified atom stereocenters. The van der Waals surface area contributed by atoms with E-state index in [9.17, 15) is 13.2 Å². The number of rotatable bonds is 4. The van der Waals surface area contributed by atoms with Crippen LogP contribution in [0, 0.1) is 5.92 Å². The third-order valence-corrected chi connectivity index (χ3v) is 3.11. The molecule has 0 aromatic heterocycles. The monoisotopic (exact) mass is 223 g/mol. The number of hydrogen-bond donors (Lipinski definition) is 1. The Morgan fingerprint density at radius 2 is 2.00 bits per heavy atom. The average molecular weight is 223 g/mol. The van der Waals surface area contributed by atoms with Crippen molar-refractivity contribution in [2.45, 2.75) is 57.7 Å². The number of halogens is 3. The van der Waals surface area contributed by atoms with Crippen molar-refractivity contribution >= 4 is 0 Å². The van der Waals surface area contributed by atoms with Gasteiger partial charge in [0.1, 0.15) is 0 Å². The van der Waals surface area contributed by atoms with E-state index in [4.69, 9.17) is 0 Å². The molecule has 1 aliphatic rings. The van der Waals surface area contributed by atoms with E-state index in [2.05, 4.69) is 12.2 Å². The van der Waals surface area contributed by atoms with Gasteiger partial charge in [-0.25, -0.2) is 0 Å². The summed E-state index contributed by atoms with van der Waals surface area (Å²) in [6, 6.07) is 0.0805. The zero-order valence-electron chi connectivity index (χ0n) is 9.24. The van der Waals surface area contributed by atoms with E-state index in [-0.39, 0.29) is 18.9 Å². The standard InChI is InChI=1S/C11H20F3N/c1-2-3-4-5-10-8-9(6-7-15-10)11(12,13)14/h9-10,15H,2-8H2,1H3. The topological polar surface area (TPSA) is 12.0 Å². The fraction of sp³-hybridized carbons (Fsp3) is 1.00. The van der Waals surface area contributed by atoms with E-state index in [0.29, 0.717) is 6.54 Å². The molecule has 0 spiro atoms. The van der Waals surface area contributed by atoms with E-state index in [0.717, 1.165) is 25.7 Å². The first-order chi connectivity index (χ1) is 7.04. The van der Waals surface area contributed by atoms with Crippen LogP contribution < -0.4 is 5.32 Å². The lowest BCUT2D eigenvalue weighted by Gasteiger charge is -2.31. The Bertz CT molecular complexity index is 179. The molecular formula is C11H20F3N. The molecule has 0 aromatic carbocycles. The van der Waals surface area contributed by atoms with Gasteiger partial charge in [0.25, 0.3) is 0 Å². The molecular weight excluding hydrogens is 203 g/mol. The molecule has 0 aliphatic carbocycles. The molecule has 1 heterocycles. The fourth-order valence-corrected chi connectivity index (χ4v) is 2.16. The third-order valence-electron chi connectivity index (χ3n) is 3.11. The molecule has 1 nitrogen and oxygen atoms in total. The van der Waals surface area contributed by atoms with Crippen LogP contribution in [0.15, 0.2) is 0 Å². The van der Waals surface area contributed by atoms with Crippen molar-refractivity contribution in [2.75, 3.05) is 6.54 Å². The molecule has 0 amide bonds. The second-order valence-corrected chi connectivity index (χ2v) is 4.41. The minimum atomic E-state index is -3.99. The minimum absolute atomic E-state index is 0.0805. The summed E-state index contributed by atoms with van der Waals surface area (Å²) in [5.41, 5.74) is 0. The molecule has 4 heteroatoms. The van der Waals surface area contributed by atoms with Gasteiger partial charge < -0.3 is 5.32 Å². The summed E-state index contributed by atoms with van der Waals surface area (Å²) < 4.78 is 37.4. The smallest absolute Gasteiger partial charge is 0.314 e. The second kappa shape index (κ2) is 5.73. The Morgan fingerprint density at radius 1 is 1.27 bits per heavy atom. The van der Waals surface area contributed by atoms with E-state index >= 15 is 0 Å². The molecule has 90 valence electrons. The highest BCUT2D eigenvalue weighted by molar-refractivity contribution is 4.81. The fourth-order valence-electron chi connectivity index (χ4n) is 2.16. The highest BCUT2D eigenvalue weighted by atomic mass is 19.4. The Balaban J connectivity index is 2.29. The number of hydrogen-bond acceptors (Lipinski definition) is 1. The van der Waals surface area contributed by atoms with Crippen molar-refractivity contribution in [3.05, 3.63) is 0 Å². The Hall–Kier alpha value is -0.250. The first-order valence-corrected chi connectivity index (χ1v) is 5.84. The summed E-state index contributed by atoms with van der Waals surface area (Å²) in [5.74, 6) is -1.08. The van der Waals surface area contributed by atoms with Crippen LogP contribution in [0.5, 0.6) is 0 Å². The summed E-state index contributed by atoms with van der Waals surface area (Å²) in [7, 11) is 0. The van der Waals surface area contributed by atoms with Gasteiger partial charge >= 0.3 is 6.18 Å². The van der Waals surface area contributed by atoms with Gasteiger partial charge in [-0.3, -0.25) is 0 Å². The van der Waals surface area contributed by atoms with Crippen molar-refractivity contribution in [3.63, 3.8) is 0 Å². The molecule has 1 saturated heterocycles. The van der Waals surface area contributed by atoms with Crippen LogP contribution in [-0.2, 0) is 0 Å². The Kier molecular flexibility index (Phi) is 4.90. The van der Waals surface area contributed by atoms with Crippen molar-refractivity contribution in [2.24, 2.45) is 5.92 Å². The molecule has 1 aliphatic heterocycles. The SMILES string of the molecule is CCCCCC1CC(C(F)(F)F)CCN1. The number of alkyl halides is 3. The molecule has 1 N–H and O–H groups in total. The highest BCUT2D eigenvalue weighted by Gasteiger charge is 2.41. The first kappa shape index (κ1) is 12.8. The molecule has 0 aromatic rings. The zero-order chi connectivity index (χ0) is 11.3. The molecule has 2 atom stereocenters. The lowest BCUT2D eigenvalue weighted by atomic mass is 9.89. The Morgan fingerprint density at radius 3 is 2.60 bits per heavy atom. The summed E-state index contributed by atoms with van der Waals surface area (Å²) in [4.78, 5) is 0. The average Bonchev–Trinajstić information content (AvgIpc) is 2.17. The van der Waals surface area contributed by atoms with Crippen LogP contribution >= 0.6 is 0 Å². The first-order valence-electron chi connectivity index (χ1n) is 5.84. The van der Waals surface area contributed by atoms with Gasteiger partial charge in [-0.05, 0) is 25.8 Å². The van der Waals surface area contributed by atoms with Crippen LogP contribution in [0.1, 0.15) is 45.4 Å². The lowest BCUT2D eigenvalue weighted by Crippen LogP contribution is -2.42. The van der Waals surface area contributed by atoms with E-state index < -0.39 is 12.1 Å². The van der Waals surface area contributed by atoms with Gasteiger partial charge in [-0.15, -0.1) is 0 Å². The van der Waals surface area contributed by atoms with Crippen LogP contribution in [0.2, 0.25) is 0 Å². The van der Waals surface area contributed by atoms with Gasteiger partial charge in [0.15, 0.2) is 0 Å². The lowest BCUT2D eigenvalue weighted by molar-refractivity contribution is -0.183. The molecule has 1 rings (SSSR count). The maximum Gasteiger partial charge on any atom is 0.391 e. The van der Waals surface area contributed by atoms with Crippen LogP contribution in [0.25, 0.3) is 0 Å². The van der Waals surface area contributed by atoms with E-state index in [1.165, 1.54) is 0 Å². The van der Waals surface area contributed by atoms with Crippen molar-refractivity contribution in [1.82, 2.24) is 5.32 Å². The number of nitrogens with one attached hydrogen (secondary N) is 1.